The molecule has 0 heterocycles. The number of hydrogen-bond acceptors (Lipinski definition) is 1. The van der Waals surface area contributed by atoms with Crippen LogP contribution >= 0.6 is 0 Å². The van der Waals surface area contributed by atoms with E-state index in [0.29, 0.717) is 0 Å². The molecule has 0 saturated carbocycles. The van der Waals surface area contributed by atoms with E-state index >= 15 is 0 Å². The van der Waals surface area contributed by atoms with Crippen molar-refractivity contribution in [2.75, 3.05) is 5.73 Å². The maximum atomic E-state index is 5.55. The predicted molar refractivity (Wildman–Crippen MR) is 41.7 cm³/mol. The predicted octanol–water partition coefficient (Wildman–Crippen LogP) is 0.670. The number of nitrogen functional groups attached to an aromatic ring is 1. The zero-order valence-corrected chi connectivity index (χ0v) is 8.47. The third-order valence-electron chi connectivity index (χ3n) is 1.19. The number of benzene rings is 1. The van der Waals surface area contributed by atoms with Crippen LogP contribution in [0.3, 0.4) is 0 Å². The topological polar surface area (TPSA) is 26.0 Å². The Balaban J connectivity index is 2.94. The van der Waals surface area contributed by atoms with Crippen molar-refractivity contribution in [2.24, 2.45) is 0 Å². The van der Waals surface area contributed by atoms with E-state index in [1.165, 1.54) is 32.5 Å². The van der Waals surface area contributed by atoms with E-state index < -0.39 is 0 Å². The molecule has 0 unspecified atom stereocenters. The molecule has 9 heavy (non-hydrogen) atoms. The van der Waals surface area contributed by atoms with Crippen LogP contribution in [0, 0.1) is 0 Å². The Kier molecular flexibility index (Phi) is 2.39. The number of nitrogens with two attached hydrogens (primary N) is 1. The van der Waals surface area contributed by atoms with Crippen molar-refractivity contribution in [3.63, 3.8) is 0 Å². The molecule has 0 amide bonds. The van der Waals surface area contributed by atoms with Gasteiger partial charge in [-0.25, -0.2) is 0 Å². The van der Waals surface area contributed by atoms with Crippen LogP contribution in [0.1, 0.15) is 5.56 Å². The van der Waals surface area contributed by atoms with E-state index in [2.05, 4.69) is 6.07 Å². The molecule has 0 atom stereocenters. The van der Waals surface area contributed by atoms with Crippen molar-refractivity contribution in [3.05, 3.63) is 29.8 Å². The fourth-order valence-corrected chi connectivity index (χ4v) is 1.44. The molecule has 1 rings (SSSR count). The van der Waals surface area contributed by atoms with Gasteiger partial charge in [-0.2, -0.15) is 0 Å². The number of hydrogen-bond donors (Lipinski definition) is 1. The second kappa shape index (κ2) is 3.11. The normalized spacial score (nSPS) is 9.44. The van der Waals surface area contributed by atoms with E-state index in [9.17, 15) is 0 Å². The molecular formula is C7H9NSn. The van der Waals surface area contributed by atoms with Crippen molar-refractivity contribution in [1.82, 2.24) is 0 Å². The molecule has 0 aliphatic heterocycles. The first kappa shape index (κ1) is 6.93. The molecule has 0 aliphatic carbocycles. The fraction of sp³-hybridized carbons (Fsp3) is 0.143. The Hall–Kier alpha value is -0.181. The van der Waals surface area contributed by atoms with Crippen molar-refractivity contribution in [3.8, 4) is 0 Å². The second-order valence-corrected chi connectivity index (χ2v) is 3.11. The summed E-state index contributed by atoms with van der Waals surface area (Å²) in [4.78, 5) is 0. The summed E-state index contributed by atoms with van der Waals surface area (Å²) in [6.07, 6.45) is 0. The van der Waals surface area contributed by atoms with Crippen LogP contribution in [0.4, 0.5) is 5.69 Å². The summed E-state index contributed by atoms with van der Waals surface area (Å²) in [5, 5.41) is 0. The third kappa shape index (κ3) is 1.90. The van der Waals surface area contributed by atoms with E-state index in [1.807, 2.05) is 18.2 Å². The van der Waals surface area contributed by atoms with Gasteiger partial charge >= 0.3 is 68.2 Å². The molecule has 1 aromatic carbocycles. The summed E-state index contributed by atoms with van der Waals surface area (Å²) in [6, 6.07) is 8.06. The fourth-order valence-electron chi connectivity index (χ4n) is 0.720. The average molecular weight is 226 g/mol. The van der Waals surface area contributed by atoms with E-state index in [1.54, 1.807) is 0 Å². The molecule has 0 spiro atoms. The molecule has 0 aliphatic rings. The summed E-state index contributed by atoms with van der Waals surface area (Å²) in [7, 11) is 0. The Morgan fingerprint density at radius 3 is 2.67 bits per heavy atom. The van der Waals surface area contributed by atoms with Gasteiger partial charge in [0, 0.05) is 0 Å². The van der Waals surface area contributed by atoms with Gasteiger partial charge in [0.05, 0.1) is 0 Å². The van der Waals surface area contributed by atoms with Gasteiger partial charge < -0.3 is 0 Å². The van der Waals surface area contributed by atoms with Crippen molar-refractivity contribution >= 4 is 28.2 Å². The van der Waals surface area contributed by atoms with Crippen LogP contribution in [0.2, 0.25) is 0 Å². The molecule has 2 N–H and O–H groups in total. The van der Waals surface area contributed by atoms with Gasteiger partial charge in [-0.05, 0) is 0 Å². The molecule has 2 heteroatoms. The summed E-state index contributed by atoms with van der Waals surface area (Å²) in [5.41, 5.74) is 7.78. The molecule has 46 valence electrons. The Labute approximate surface area is 68.3 Å². The van der Waals surface area contributed by atoms with Crippen molar-refractivity contribution in [2.45, 2.75) is 4.44 Å². The maximum absolute atomic E-state index is 5.55. The Bertz CT molecular complexity index is 198. The van der Waals surface area contributed by atoms with E-state index in [-0.39, 0.29) is 0 Å². The Morgan fingerprint density at radius 1 is 1.44 bits per heavy atom. The standard InChI is InChI=1S/C7H8N.Sn.H/c1-6-3-2-4-7(8)5-6;;/h2-5H,1,8H2;;. The van der Waals surface area contributed by atoms with Gasteiger partial charge in [0.2, 0.25) is 0 Å². The van der Waals surface area contributed by atoms with Crippen molar-refractivity contribution in [1.29, 1.82) is 0 Å². The summed E-state index contributed by atoms with van der Waals surface area (Å²) >= 11 is 1.28. The summed E-state index contributed by atoms with van der Waals surface area (Å²) in [6.45, 7) is 0. The van der Waals surface area contributed by atoms with Gasteiger partial charge in [-0.1, -0.05) is 0 Å². The van der Waals surface area contributed by atoms with Crippen LogP contribution in [0.15, 0.2) is 24.3 Å². The van der Waals surface area contributed by atoms with Crippen LogP contribution in [-0.2, 0) is 4.44 Å². The molecule has 0 aromatic heterocycles. The minimum atomic E-state index is 0.877. The SMILES string of the molecule is Nc1cccc([CH2][SnH])c1. The molecule has 0 fully saturated rings. The van der Waals surface area contributed by atoms with Gasteiger partial charge in [0.15, 0.2) is 0 Å². The summed E-state index contributed by atoms with van der Waals surface area (Å²) in [5.74, 6) is 0. The molecular weight excluding hydrogens is 217 g/mol. The average Bonchev–Trinajstić information content (AvgIpc) is 1.88. The molecule has 0 saturated heterocycles. The quantitative estimate of drug-likeness (QED) is 0.552. The van der Waals surface area contributed by atoms with Crippen molar-refractivity contribution < 1.29 is 0 Å². The summed E-state index contributed by atoms with van der Waals surface area (Å²) < 4.78 is 1.19. The molecule has 2 radical (unpaired) electrons. The molecule has 0 bridgehead atoms. The number of anilines is 1. The van der Waals surface area contributed by atoms with E-state index in [0.717, 1.165) is 5.69 Å². The second-order valence-electron chi connectivity index (χ2n) is 1.95. The third-order valence-corrected chi connectivity index (χ3v) is 2.53. The zero-order chi connectivity index (χ0) is 6.69. The monoisotopic (exact) mass is 227 g/mol. The first-order valence-corrected chi connectivity index (χ1v) is 5.20. The van der Waals surface area contributed by atoms with Gasteiger partial charge in [0.1, 0.15) is 0 Å². The van der Waals surface area contributed by atoms with Gasteiger partial charge in [-0.15, -0.1) is 0 Å². The van der Waals surface area contributed by atoms with Crippen LogP contribution in [0.5, 0.6) is 0 Å². The Morgan fingerprint density at radius 2 is 2.22 bits per heavy atom. The minimum absolute atomic E-state index is 0.877. The van der Waals surface area contributed by atoms with Gasteiger partial charge in [0.25, 0.3) is 0 Å². The molecule has 1 aromatic rings. The first-order chi connectivity index (χ1) is 4.33. The van der Waals surface area contributed by atoms with Crippen LogP contribution in [0.25, 0.3) is 0 Å². The van der Waals surface area contributed by atoms with Crippen LogP contribution < -0.4 is 5.73 Å². The zero-order valence-electron chi connectivity index (χ0n) is 5.17. The first-order valence-electron chi connectivity index (χ1n) is 2.87. The number of rotatable bonds is 1. The van der Waals surface area contributed by atoms with E-state index in [4.69, 9.17) is 5.73 Å². The molecule has 1 nitrogen and oxygen atoms in total. The van der Waals surface area contributed by atoms with Crippen LogP contribution in [-0.4, -0.2) is 22.5 Å². The van der Waals surface area contributed by atoms with Gasteiger partial charge in [-0.3, -0.25) is 0 Å².